The molecule has 2 bridgehead atoms. The molecule has 1 saturated heterocycles. The zero-order chi connectivity index (χ0) is 7.42. The Morgan fingerprint density at radius 2 is 1.91 bits per heavy atom. The lowest BCUT2D eigenvalue weighted by Gasteiger charge is -2.23. The molecule has 0 N–H and O–H groups in total. The van der Waals surface area contributed by atoms with Crippen LogP contribution in [0.2, 0.25) is 0 Å². The highest BCUT2D eigenvalue weighted by Crippen LogP contribution is 2.52. The normalized spacial score (nSPS) is 60.3. The van der Waals surface area contributed by atoms with E-state index in [4.69, 9.17) is 9.78 Å². The second kappa shape index (κ2) is 1.97. The smallest absolute Gasteiger partial charge is 0.129 e. The van der Waals surface area contributed by atoms with E-state index in [1.165, 1.54) is 12.8 Å². The lowest BCUT2D eigenvalue weighted by molar-refractivity contribution is -0.470. The third-order valence-corrected chi connectivity index (χ3v) is 3.49. The Labute approximate surface area is 65.5 Å². The van der Waals surface area contributed by atoms with Crippen molar-refractivity contribution in [3.8, 4) is 0 Å². The molecule has 0 aromatic carbocycles. The average molecular weight is 156 g/mol. The zero-order valence-electron chi connectivity index (χ0n) is 6.53. The van der Waals surface area contributed by atoms with E-state index < -0.39 is 0 Å². The summed E-state index contributed by atoms with van der Waals surface area (Å²) in [7, 11) is 0. The van der Waals surface area contributed by atoms with Gasteiger partial charge in [0.15, 0.2) is 0 Å². The molecule has 5 atom stereocenters. The van der Waals surface area contributed by atoms with E-state index in [0.29, 0.717) is 11.8 Å². The molecule has 11 heavy (non-hydrogen) atoms. The van der Waals surface area contributed by atoms with Gasteiger partial charge in [-0.1, -0.05) is 12.0 Å². The zero-order valence-corrected chi connectivity index (χ0v) is 6.53. The van der Waals surface area contributed by atoms with Crippen LogP contribution in [0, 0.1) is 17.8 Å². The Hall–Kier alpha value is -0.120. The van der Waals surface area contributed by atoms with Gasteiger partial charge in [0.05, 0.1) is 0 Å². The summed E-state index contributed by atoms with van der Waals surface area (Å²) in [5, 5.41) is 4.54. The van der Waals surface area contributed by atoms with Gasteiger partial charge in [0.1, 0.15) is 12.2 Å². The molecule has 0 radical (unpaired) electrons. The third kappa shape index (κ3) is 0.687. The van der Waals surface area contributed by atoms with Crippen molar-refractivity contribution in [3.05, 3.63) is 0 Å². The van der Waals surface area contributed by atoms with Crippen molar-refractivity contribution in [2.45, 2.75) is 32.0 Å². The van der Waals surface area contributed by atoms with E-state index >= 15 is 0 Å². The van der Waals surface area contributed by atoms with Crippen molar-refractivity contribution >= 4 is 0 Å². The second-order valence-corrected chi connectivity index (χ2v) is 4.06. The van der Waals surface area contributed by atoms with Crippen molar-refractivity contribution in [1.82, 2.24) is 0 Å². The topological polar surface area (TPSA) is 27.7 Å². The van der Waals surface area contributed by atoms with E-state index in [1.807, 2.05) is 0 Å². The lowest BCUT2D eigenvalue weighted by Crippen LogP contribution is -2.33. The van der Waals surface area contributed by atoms with Gasteiger partial charge in [-0.05, 0) is 30.6 Å². The maximum Gasteiger partial charge on any atom is 0.129 e. The molecule has 3 aliphatic rings. The van der Waals surface area contributed by atoms with Crippen LogP contribution in [0.15, 0.2) is 0 Å². The summed E-state index contributed by atoms with van der Waals surface area (Å²) in [6.45, 7) is 2.29. The first-order valence-electron chi connectivity index (χ1n) is 4.35. The monoisotopic (exact) mass is 156 g/mol. The largest absolute Gasteiger partial charge is 0.200 e. The van der Waals surface area contributed by atoms with Gasteiger partial charge in [-0.15, -0.1) is 0 Å². The molecule has 0 aromatic rings. The first-order chi connectivity index (χ1) is 5.36. The standard InChI is InChI=1S/C8H12O3/c1-4-2-5-3-6(4)8-7(5)9-11-10-8/h4-8H,2-3H2,1H3. The Bertz CT molecular complexity index is 182. The van der Waals surface area contributed by atoms with Crippen LogP contribution < -0.4 is 0 Å². The fraction of sp³-hybridized carbons (Fsp3) is 1.00. The summed E-state index contributed by atoms with van der Waals surface area (Å²) in [5.74, 6) is 2.18. The highest BCUT2D eigenvalue weighted by molar-refractivity contribution is 5.01. The molecule has 2 saturated carbocycles. The summed E-state index contributed by atoms with van der Waals surface area (Å²) in [5.41, 5.74) is 0. The van der Waals surface area contributed by atoms with Crippen molar-refractivity contribution in [1.29, 1.82) is 0 Å². The van der Waals surface area contributed by atoms with Gasteiger partial charge < -0.3 is 0 Å². The summed E-state index contributed by atoms with van der Waals surface area (Å²) in [6, 6.07) is 0. The quantitative estimate of drug-likeness (QED) is 0.495. The highest BCUT2D eigenvalue weighted by Gasteiger charge is 2.56. The minimum absolute atomic E-state index is 0.240. The van der Waals surface area contributed by atoms with Crippen molar-refractivity contribution in [2.24, 2.45) is 17.8 Å². The van der Waals surface area contributed by atoms with Crippen LogP contribution in [-0.2, 0) is 14.8 Å². The van der Waals surface area contributed by atoms with E-state index in [1.54, 1.807) is 0 Å². The van der Waals surface area contributed by atoms with Crippen LogP contribution in [0.1, 0.15) is 19.8 Å². The molecule has 62 valence electrons. The Balaban J connectivity index is 1.90. The Morgan fingerprint density at radius 1 is 1.09 bits per heavy atom. The van der Waals surface area contributed by atoms with Crippen LogP contribution in [0.3, 0.4) is 0 Å². The van der Waals surface area contributed by atoms with E-state index in [2.05, 4.69) is 12.0 Å². The van der Waals surface area contributed by atoms with Crippen LogP contribution in [-0.4, -0.2) is 12.2 Å². The maximum absolute atomic E-state index is 5.06. The van der Waals surface area contributed by atoms with E-state index in [0.717, 1.165) is 5.92 Å². The van der Waals surface area contributed by atoms with E-state index in [-0.39, 0.29) is 12.2 Å². The minimum atomic E-state index is 0.240. The van der Waals surface area contributed by atoms with Crippen LogP contribution in [0.4, 0.5) is 0 Å². The number of fused-ring (bicyclic) bond motifs is 5. The van der Waals surface area contributed by atoms with Gasteiger partial charge in [0.25, 0.3) is 0 Å². The molecule has 1 heterocycles. The van der Waals surface area contributed by atoms with Crippen LogP contribution in [0.5, 0.6) is 0 Å². The second-order valence-electron chi connectivity index (χ2n) is 4.06. The first kappa shape index (κ1) is 6.40. The van der Waals surface area contributed by atoms with Gasteiger partial charge in [0.2, 0.25) is 0 Å². The third-order valence-electron chi connectivity index (χ3n) is 3.49. The van der Waals surface area contributed by atoms with Crippen molar-refractivity contribution in [3.63, 3.8) is 0 Å². The molecule has 0 amide bonds. The Morgan fingerprint density at radius 3 is 2.82 bits per heavy atom. The van der Waals surface area contributed by atoms with Gasteiger partial charge >= 0.3 is 0 Å². The minimum Gasteiger partial charge on any atom is -0.200 e. The highest BCUT2D eigenvalue weighted by atomic mass is 17.5. The molecule has 0 spiro atoms. The Kier molecular flexibility index (Phi) is 1.15. The molecule has 2 aliphatic carbocycles. The van der Waals surface area contributed by atoms with Gasteiger partial charge in [-0.25, -0.2) is 0 Å². The lowest BCUT2D eigenvalue weighted by atomic mass is 9.86. The molecule has 0 aromatic heterocycles. The predicted octanol–water partition coefficient (Wildman–Crippen LogP) is 1.29. The number of hydrogen-bond acceptors (Lipinski definition) is 3. The fourth-order valence-electron chi connectivity index (χ4n) is 2.94. The van der Waals surface area contributed by atoms with Crippen molar-refractivity contribution < 1.29 is 14.8 Å². The molecule has 3 heteroatoms. The average Bonchev–Trinajstić information content (AvgIpc) is 2.52. The van der Waals surface area contributed by atoms with Gasteiger partial charge in [-0.3, -0.25) is 0 Å². The van der Waals surface area contributed by atoms with Crippen LogP contribution in [0.25, 0.3) is 0 Å². The maximum atomic E-state index is 5.06. The summed E-state index contributed by atoms with van der Waals surface area (Å²) >= 11 is 0. The van der Waals surface area contributed by atoms with E-state index in [9.17, 15) is 0 Å². The predicted molar refractivity (Wildman–Crippen MR) is 36.2 cm³/mol. The molecular weight excluding hydrogens is 144 g/mol. The molecule has 3 fully saturated rings. The molecule has 3 nitrogen and oxygen atoms in total. The summed E-state index contributed by atoms with van der Waals surface area (Å²) in [6.07, 6.45) is 3.05. The SMILES string of the molecule is CC1CC2CC1C1OOOC21. The molecular formula is C8H12O3. The molecule has 3 rings (SSSR count). The summed E-state index contributed by atoms with van der Waals surface area (Å²) in [4.78, 5) is 10.1. The van der Waals surface area contributed by atoms with Gasteiger partial charge in [-0.2, -0.15) is 9.78 Å². The number of hydrogen-bond donors (Lipinski definition) is 0. The van der Waals surface area contributed by atoms with Gasteiger partial charge in [0, 0.05) is 0 Å². The molecule has 1 aliphatic heterocycles. The van der Waals surface area contributed by atoms with Crippen molar-refractivity contribution in [2.75, 3.05) is 0 Å². The molecule has 5 unspecified atom stereocenters. The fourth-order valence-corrected chi connectivity index (χ4v) is 2.94. The number of rotatable bonds is 0. The van der Waals surface area contributed by atoms with Crippen LogP contribution >= 0.6 is 0 Å². The summed E-state index contributed by atoms with van der Waals surface area (Å²) < 4.78 is 0. The first-order valence-corrected chi connectivity index (χ1v) is 4.35.